The number of anilines is 1. The molecular formula is C32H35N2O2S2+. The van der Waals surface area contributed by atoms with Crippen LogP contribution in [-0.2, 0) is 6.54 Å². The fraction of sp³-hybridized carbons (Fsp3) is 0.344. The van der Waals surface area contributed by atoms with E-state index in [2.05, 4.69) is 84.0 Å². The molecule has 1 atom stereocenters. The lowest BCUT2D eigenvalue weighted by molar-refractivity contribution is -0.665. The van der Waals surface area contributed by atoms with Crippen LogP contribution in [0.2, 0.25) is 0 Å². The number of aryl methyl sites for hydroxylation is 1. The van der Waals surface area contributed by atoms with Gasteiger partial charge in [0.1, 0.15) is 22.7 Å². The van der Waals surface area contributed by atoms with E-state index in [0.717, 1.165) is 37.4 Å². The predicted octanol–water partition coefficient (Wildman–Crippen LogP) is 8.14. The molecule has 3 aromatic rings. The second kappa shape index (κ2) is 10.7. The van der Waals surface area contributed by atoms with Crippen molar-refractivity contribution in [2.75, 3.05) is 25.7 Å². The minimum Gasteiger partial charge on any atom is -0.497 e. The van der Waals surface area contributed by atoms with Crippen molar-refractivity contribution < 1.29 is 14.0 Å². The Balaban J connectivity index is 1.30. The van der Waals surface area contributed by atoms with Gasteiger partial charge in [-0.1, -0.05) is 35.3 Å². The minimum absolute atomic E-state index is 0.680. The van der Waals surface area contributed by atoms with Gasteiger partial charge in [-0.15, -0.1) is 0 Å². The van der Waals surface area contributed by atoms with Crippen LogP contribution in [0.1, 0.15) is 44.5 Å². The molecule has 2 aromatic carbocycles. The van der Waals surface area contributed by atoms with Crippen molar-refractivity contribution in [1.82, 2.24) is 0 Å². The molecule has 0 radical (unpaired) electrons. The molecule has 6 rings (SSSR count). The Hall–Kier alpha value is -2.96. The first-order chi connectivity index (χ1) is 18.6. The van der Waals surface area contributed by atoms with E-state index in [4.69, 9.17) is 9.47 Å². The molecule has 4 nitrogen and oxygen atoms in total. The first-order valence-electron chi connectivity index (χ1n) is 13.6. The van der Waals surface area contributed by atoms with Crippen LogP contribution in [0.4, 0.5) is 5.69 Å². The van der Waals surface area contributed by atoms with E-state index in [1.54, 1.807) is 14.2 Å². The molecule has 0 N–H and O–H groups in total. The number of methoxy groups -OCH3 is 2. The highest BCUT2D eigenvalue weighted by molar-refractivity contribution is 8.03. The number of nitrogens with zero attached hydrogens (tertiary/aromatic N) is 2. The van der Waals surface area contributed by atoms with Crippen LogP contribution in [0.25, 0.3) is 16.3 Å². The van der Waals surface area contributed by atoms with Gasteiger partial charge < -0.3 is 14.4 Å². The molecule has 2 aliphatic carbocycles. The molecule has 6 heteroatoms. The molecule has 38 heavy (non-hydrogen) atoms. The van der Waals surface area contributed by atoms with Crippen molar-refractivity contribution in [2.24, 2.45) is 5.92 Å². The molecule has 0 bridgehead atoms. The molecule has 0 amide bonds. The lowest BCUT2D eigenvalue weighted by Gasteiger charge is -2.28. The third-order valence-electron chi connectivity index (χ3n) is 7.87. The average molecular weight is 544 g/mol. The zero-order valence-electron chi connectivity index (χ0n) is 22.6. The van der Waals surface area contributed by atoms with Crippen LogP contribution in [0.5, 0.6) is 11.5 Å². The lowest BCUT2D eigenvalue weighted by Crippen LogP contribution is -2.33. The highest BCUT2D eigenvalue weighted by atomic mass is 32.2. The summed E-state index contributed by atoms with van der Waals surface area (Å²) in [5, 5.41) is 2.63. The average Bonchev–Trinajstić information content (AvgIpc) is 3.47. The van der Waals surface area contributed by atoms with E-state index in [9.17, 15) is 0 Å². The Morgan fingerprint density at radius 1 is 0.974 bits per heavy atom. The normalized spacial score (nSPS) is 20.9. The van der Waals surface area contributed by atoms with Crippen LogP contribution < -0.4 is 18.9 Å². The Kier molecular flexibility index (Phi) is 7.10. The van der Waals surface area contributed by atoms with Gasteiger partial charge in [-0.2, -0.15) is 4.57 Å². The molecule has 0 fully saturated rings. The van der Waals surface area contributed by atoms with Crippen molar-refractivity contribution >= 4 is 45.1 Å². The molecule has 1 unspecified atom stereocenters. The van der Waals surface area contributed by atoms with Crippen LogP contribution in [0, 0.1) is 5.92 Å². The molecule has 0 saturated heterocycles. The Bertz CT molecular complexity index is 1510. The molecule has 0 spiro atoms. The summed E-state index contributed by atoms with van der Waals surface area (Å²) in [4.78, 5) is 3.70. The Labute approximate surface area is 234 Å². The van der Waals surface area contributed by atoms with Crippen LogP contribution in [-0.4, -0.2) is 20.8 Å². The van der Waals surface area contributed by atoms with Gasteiger partial charge in [0, 0.05) is 29.6 Å². The molecule has 2 heterocycles. The summed E-state index contributed by atoms with van der Waals surface area (Å²) in [5.41, 5.74) is 6.94. The van der Waals surface area contributed by atoms with E-state index < -0.39 is 0 Å². The van der Waals surface area contributed by atoms with Gasteiger partial charge >= 0.3 is 0 Å². The number of thioether (sulfide) groups is 1. The fourth-order valence-electron chi connectivity index (χ4n) is 5.85. The second-order valence-corrected chi connectivity index (χ2v) is 12.2. The summed E-state index contributed by atoms with van der Waals surface area (Å²) in [7, 11) is 3.47. The number of rotatable bonds is 6. The summed E-state index contributed by atoms with van der Waals surface area (Å²) in [6.07, 6.45) is 14.5. The fourth-order valence-corrected chi connectivity index (χ4v) is 8.31. The zero-order valence-corrected chi connectivity index (χ0v) is 24.3. The number of hydrogen-bond donors (Lipinski definition) is 0. The summed E-state index contributed by atoms with van der Waals surface area (Å²) >= 11 is 3.71. The number of benzene rings is 2. The standard InChI is InChI=1S/C32H35N2O2S2/c1-5-33-27-13-11-25(35-3)19-29(27)37-31(33)17-21-7-9-23-10-8-22(16-24(23)15-21)18-32-34(6-2)28-14-12-26(36-4)20-30(28)38-32/h11-20,23H,5-10H2,1-4H3/q+1. The van der Waals surface area contributed by atoms with Crippen LogP contribution >= 0.6 is 23.1 Å². The van der Waals surface area contributed by atoms with Gasteiger partial charge in [0.05, 0.1) is 24.9 Å². The number of hydrogen-bond acceptors (Lipinski definition) is 5. The number of fused-ring (bicyclic) bond motifs is 3. The number of ether oxygens (including phenoxy) is 2. The van der Waals surface area contributed by atoms with Gasteiger partial charge in [-0.05, 0) is 92.5 Å². The first kappa shape index (κ1) is 25.3. The van der Waals surface area contributed by atoms with Crippen LogP contribution in [0.3, 0.4) is 0 Å². The van der Waals surface area contributed by atoms with E-state index in [-0.39, 0.29) is 0 Å². The van der Waals surface area contributed by atoms with Gasteiger partial charge in [0.15, 0.2) is 0 Å². The van der Waals surface area contributed by atoms with Crippen LogP contribution in [0.15, 0.2) is 81.3 Å². The Morgan fingerprint density at radius 2 is 1.76 bits per heavy atom. The van der Waals surface area contributed by atoms with Crippen molar-refractivity contribution in [1.29, 1.82) is 0 Å². The third kappa shape index (κ3) is 4.69. The van der Waals surface area contributed by atoms with Crippen molar-refractivity contribution in [2.45, 2.75) is 51.0 Å². The number of thiazole rings is 1. The smallest absolute Gasteiger partial charge is 0.263 e. The maximum absolute atomic E-state index is 5.47. The molecule has 1 aromatic heterocycles. The quantitative estimate of drug-likeness (QED) is 0.293. The predicted molar refractivity (Wildman–Crippen MR) is 160 cm³/mol. The summed E-state index contributed by atoms with van der Waals surface area (Å²) in [6, 6.07) is 12.8. The SMILES string of the molecule is CCN1/C(=C/C2=CC3=C/C(=C/c4sc5cc(OC)ccc5[n+]4CC)CCC3CC2)Sc2cc(OC)ccc21. The van der Waals surface area contributed by atoms with Crippen molar-refractivity contribution in [3.63, 3.8) is 0 Å². The lowest BCUT2D eigenvalue weighted by atomic mass is 9.77. The van der Waals surface area contributed by atoms with E-state index in [1.807, 2.05) is 23.1 Å². The maximum Gasteiger partial charge on any atom is 0.263 e. The molecule has 196 valence electrons. The monoisotopic (exact) mass is 543 g/mol. The number of allylic oxidation sites excluding steroid dienone is 6. The number of aromatic nitrogens is 1. The topological polar surface area (TPSA) is 25.6 Å². The molecular weight excluding hydrogens is 508 g/mol. The van der Waals surface area contributed by atoms with E-state index in [0.29, 0.717) is 5.92 Å². The van der Waals surface area contributed by atoms with Gasteiger partial charge in [0.25, 0.3) is 5.01 Å². The zero-order chi connectivity index (χ0) is 26.2. The van der Waals surface area contributed by atoms with Gasteiger partial charge in [-0.3, -0.25) is 0 Å². The van der Waals surface area contributed by atoms with Gasteiger partial charge in [0.2, 0.25) is 5.52 Å². The first-order valence-corrected chi connectivity index (χ1v) is 15.2. The Morgan fingerprint density at radius 3 is 2.55 bits per heavy atom. The highest BCUT2D eigenvalue weighted by Gasteiger charge is 2.27. The highest BCUT2D eigenvalue weighted by Crippen LogP contribution is 2.48. The maximum atomic E-state index is 5.47. The van der Waals surface area contributed by atoms with E-state index in [1.165, 1.54) is 60.4 Å². The second-order valence-electron chi connectivity index (χ2n) is 10.0. The minimum atomic E-state index is 0.680. The third-order valence-corrected chi connectivity index (χ3v) is 10.1. The van der Waals surface area contributed by atoms with E-state index >= 15 is 0 Å². The van der Waals surface area contributed by atoms with Crippen molar-refractivity contribution in [3.8, 4) is 11.5 Å². The summed E-state index contributed by atoms with van der Waals surface area (Å²) in [6.45, 7) is 6.38. The molecule has 1 aliphatic heterocycles. The summed E-state index contributed by atoms with van der Waals surface area (Å²) < 4.78 is 14.6. The summed E-state index contributed by atoms with van der Waals surface area (Å²) in [5.74, 6) is 2.52. The van der Waals surface area contributed by atoms with Gasteiger partial charge in [-0.25, -0.2) is 0 Å². The molecule has 0 saturated carbocycles. The largest absolute Gasteiger partial charge is 0.497 e. The van der Waals surface area contributed by atoms with Crippen molar-refractivity contribution in [3.05, 3.63) is 81.4 Å². The molecule has 3 aliphatic rings.